The van der Waals surface area contributed by atoms with Gasteiger partial charge < -0.3 is 5.32 Å². The highest BCUT2D eigenvalue weighted by molar-refractivity contribution is 5.66. The Bertz CT molecular complexity index is 653. The van der Waals surface area contributed by atoms with Crippen LogP contribution in [0, 0.1) is 0 Å². The van der Waals surface area contributed by atoms with E-state index in [0.717, 1.165) is 24.6 Å². The Morgan fingerprint density at radius 2 is 2.05 bits per heavy atom. The summed E-state index contributed by atoms with van der Waals surface area (Å²) in [5.74, 6) is 2.62. The zero-order valence-electron chi connectivity index (χ0n) is 12.6. The number of aryl methyl sites for hydroxylation is 1. The molecule has 1 N–H and O–H groups in total. The first-order chi connectivity index (χ1) is 10.3. The molecule has 4 heteroatoms. The van der Waals surface area contributed by atoms with Crippen molar-refractivity contribution in [1.82, 2.24) is 14.8 Å². The molecule has 2 aromatic rings. The smallest absolute Gasteiger partial charge is 0.158 e. The Morgan fingerprint density at radius 1 is 1.19 bits per heavy atom. The van der Waals surface area contributed by atoms with Gasteiger partial charge in [0.25, 0.3) is 0 Å². The topological polar surface area (TPSA) is 42.7 Å². The van der Waals surface area contributed by atoms with E-state index >= 15 is 0 Å². The summed E-state index contributed by atoms with van der Waals surface area (Å²) in [6.45, 7) is 1.05. The minimum atomic E-state index is 0.565. The molecule has 0 unspecified atom stereocenters. The van der Waals surface area contributed by atoms with E-state index in [0.29, 0.717) is 5.92 Å². The van der Waals surface area contributed by atoms with Gasteiger partial charge in [0.1, 0.15) is 0 Å². The highest BCUT2D eigenvalue weighted by Crippen LogP contribution is 2.33. The molecule has 0 spiro atoms. The van der Waals surface area contributed by atoms with Crippen LogP contribution in [0.4, 0.5) is 5.69 Å². The zero-order chi connectivity index (χ0) is 14.2. The van der Waals surface area contributed by atoms with Crippen molar-refractivity contribution in [3.05, 3.63) is 29.6 Å². The maximum absolute atomic E-state index is 4.86. The highest BCUT2D eigenvalue weighted by Gasteiger charge is 2.21. The summed E-state index contributed by atoms with van der Waals surface area (Å²) in [7, 11) is 2.01. The number of hydrogen-bond donors (Lipinski definition) is 1. The van der Waals surface area contributed by atoms with Crippen LogP contribution in [0.25, 0.3) is 11.4 Å². The van der Waals surface area contributed by atoms with Crippen LogP contribution in [0.5, 0.6) is 0 Å². The molecule has 1 aliphatic carbocycles. The average molecular weight is 282 g/mol. The molecule has 0 bridgehead atoms. The first-order valence-electron chi connectivity index (χ1n) is 8.09. The average Bonchev–Trinajstić information content (AvgIpc) is 3.13. The molecule has 0 saturated heterocycles. The van der Waals surface area contributed by atoms with Gasteiger partial charge >= 0.3 is 0 Å². The normalized spacial score (nSPS) is 18.5. The summed E-state index contributed by atoms with van der Waals surface area (Å²) in [5.41, 5.74) is 3.86. The predicted octanol–water partition coefficient (Wildman–Crippen LogP) is 3.50. The summed E-state index contributed by atoms with van der Waals surface area (Å²) >= 11 is 0. The molecule has 4 rings (SSSR count). The van der Waals surface area contributed by atoms with E-state index < -0.39 is 0 Å². The summed E-state index contributed by atoms with van der Waals surface area (Å²) in [6, 6.07) is 6.60. The molecule has 1 saturated carbocycles. The molecule has 0 atom stereocenters. The lowest BCUT2D eigenvalue weighted by Crippen LogP contribution is -2.06. The number of benzene rings is 1. The van der Waals surface area contributed by atoms with Crippen LogP contribution < -0.4 is 5.32 Å². The zero-order valence-corrected chi connectivity index (χ0v) is 12.6. The Balaban J connectivity index is 1.67. The van der Waals surface area contributed by atoms with E-state index in [1.54, 1.807) is 0 Å². The fourth-order valence-corrected chi connectivity index (χ4v) is 3.63. The van der Waals surface area contributed by atoms with Gasteiger partial charge in [-0.05, 0) is 43.0 Å². The van der Waals surface area contributed by atoms with Gasteiger partial charge in [-0.15, -0.1) is 0 Å². The molecule has 4 nitrogen and oxygen atoms in total. The monoisotopic (exact) mass is 282 g/mol. The highest BCUT2D eigenvalue weighted by atomic mass is 15.3. The minimum absolute atomic E-state index is 0.565. The van der Waals surface area contributed by atoms with Gasteiger partial charge in [-0.2, -0.15) is 5.10 Å². The van der Waals surface area contributed by atoms with Gasteiger partial charge in [0, 0.05) is 30.8 Å². The van der Waals surface area contributed by atoms with Crippen molar-refractivity contribution in [2.75, 3.05) is 11.9 Å². The maximum Gasteiger partial charge on any atom is 0.158 e. The fourth-order valence-electron chi connectivity index (χ4n) is 3.63. The van der Waals surface area contributed by atoms with Crippen LogP contribution in [0.15, 0.2) is 18.2 Å². The third-order valence-electron chi connectivity index (χ3n) is 4.82. The van der Waals surface area contributed by atoms with Crippen molar-refractivity contribution in [1.29, 1.82) is 0 Å². The van der Waals surface area contributed by atoms with Gasteiger partial charge in [0.2, 0.25) is 0 Å². The van der Waals surface area contributed by atoms with Crippen LogP contribution in [-0.2, 0) is 13.5 Å². The number of anilines is 1. The van der Waals surface area contributed by atoms with Crippen LogP contribution in [-0.4, -0.2) is 21.3 Å². The molecular weight excluding hydrogens is 260 g/mol. The van der Waals surface area contributed by atoms with Crippen LogP contribution in [0.1, 0.15) is 49.4 Å². The van der Waals surface area contributed by atoms with E-state index in [4.69, 9.17) is 10.1 Å². The fraction of sp³-hybridized carbons (Fsp3) is 0.529. The molecule has 1 aromatic heterocycles. The third-order valence-corrected chi connectivity index (χ3v) is 4.82. The van der Waals surface area contributed by atoms with Gasteiger partial charge in [-0.25, -0.2) is 9.67 Å². The van der Waals surface area contributed by atoms with Gasteiger partial charge in [0.15, 0.2) is 11.6 Å². The lowest BCUT2D eigenvalue weighted by molar-refractivity contribution is 0.427. The van der Waals surface area contributed by atoms with Crippen LogP contribution in [0.3, 0.4) is 0 Å². The van der Waals surface area contributed by atoms with E-state index in [1.807, 2.05) is 11.7 Å². The van der Waals surface area contributed by atoms with Crippen LogP contribution >= 0.6 is 0 Å². The van der Waals surface area contributed by atoms with Gasteiger partial charge in [0.05, 0.1) is 0 Å². The van der Waals surface area contributed by atoms with Crippen molar-refractivity contribution < 1.29 is 0 Å². The SMILES string of the molecule is Cn1nc(C2CCCCC2)nc1-c1ccc2c(c1)CCN2. The molecule has 2 aliphatic rings. The molecule has 1 aromatic carbocycles. The number of nitrogens with one attached hydrogen (secondary N) is 1. The Morgan fingerprint density at radius 3 is 2.90 bits per heavy atom. The maximum atomic E-state index is 4.86. The van der Waals surface area contributed by atoms with E-state index in [9.17, 15) is 0 Å². The molecule has 2 heterocycles. The van der Waals surface area contributed by atoms with Gasteiger partial charge in [-0.1, -0.05) is 19.3 Å². The Labute approximate surface area is 125 Å². The molecule has 0 amide bonds. The largest absolute Gasteiger partial charge is 0.384 e. The van der Waals surface area contributed by atoms with Crippen molar-refractivity contribution in [3.8, 4) is 11.4 Å². The van der Waals surface area contributed by atoms with Gasteiger partial charge in [-0.3, -0.25) is 0 Å². The summed E-state index contributed by atoms with van der Waals surface area (Å²) in [5, 5.41) is 8.10. The molecule has 110 valence electrons. The van der Waals surface area contributed by atoms with Crippen molar-refractivity contribution in [2.24, 2.45) is 7.05 Å². The molecule has 21 heavy (non-hydrogen) atoms. The second-order valence-corrected chi connectivity index (χ2v) is 6.30. The Hall–Kier alpha value is -1.84. The first-order valence-corrected chi connectivity index (χ1v) is 8.09. The number of rotatable bonds is 2. The summed E-state index contributed by atoms with van der Waals surface area (Å²) in [6.07, 6.45) is 7.62. The Kier molecular flexibility index (Phi) is 3.17. The minimum Gasteiger partial charge on any atom is -0.384 e. The quantitative estimate of drug-likeness (QED) is 0.916. The van der Waals surface area contributed by atoms with Crippen LogP contribution in [0.2, 0.25) is 0 Å². The standard InChI is InChI=1S/C17H22N4/c1-21-17(14-7-8-15-13(11-14)9-10-18-15)19-16(20-21)12-5-3-2-4-6-12/h7-8,11-12,18H,2-6,9-10H2,1H3. The number of aromatic nitrogens is 3. The third kappa shape index (κ3) is 2.33. The van der Waals surface area contributed by atoms with E-state index in [1.165, 1.54) is 48.9 Å². The van der Waals surface area contributed by atoms with Crippen molar-refractivity contribution >= 4 is 5.69 Å². The summed E-state index contributed by atoms with van der Waals surface area (Å²) < 4.78 is 1.95. The number of fused-ring (bicyclic) bond motifs is 1. The predicted molar refractivity (Wildman–Crippen MR) is 84.5 cm³/mol. The number of hydrogen-bond acceptors (Lipinski definition) is 3. The van der Waals surface area contributed by atoms with E-state index in [2.05, 4.69) is 23.5 Å². The second-order valence-electron chi connectivity index (χ2n) is 6.30. The second kappa shape index (κ2) is 5.17. The first kappa shape index (κ1) is 12.9. The number of nitrogens with zero attached hydrogens (tertiary/aromatic N) is 3. The molecule has 1 fully saturated rings. The van der Waals surface area contributed by atoms with Crippen molar-refractivity contribution in [3.63, 3.8) is 0 Å². The molecular formula is C17H22N4. The molecule has 1 aliphatic heterocycles. The lowest BCUT2D eigenvalue weighted by atomic mass is 9.89. The van der Waals surface area contributed by atoms with E-state index in [-0.39, 0.29) is 0 Å². The van der Waals surface area contributed by atoms with Crippen molar-refractivity contribution in [2.45, 2.75) is 44.4 Å². The lowest BCUT2D eigenvalue weighted by Gasteiger charge is -2.18. The summed E-state index contributed by atoms with van der Waals surface area (Å²) in [4.78, 5) is 4.86. The molecule has 0 radical (unpaired) electrons.